The van der Waals surface area contributed by atoms with E-state index in [-0.39, 0.29) is 17.0 Å². The molecule has 1 aromatic rings. The minimum atomic E-state index is -3.54. The second-order valence-electron chi connectivity index (χ2n) is 5.63. The van der Waals surface area contributed by atoms with Crippen LogP contribution in [0.2, 0.25) is 0 Å². The van der Waals surface area contributed by atoms with Crippen molar-refractivity contribution in [3.05, 3.63) is 11.3 Å². The highest BCUT2D eigenvalue weighted by Crippen LogP contribution is 2.39. The zero-order chi connectivity index (χ0) is 15.0. The van der Waals surface area contributed by atoms with Gasteiger partial charge >= 0.3 is 0 Å². The van der Waals surface area contributed by atoms with Gasteiger partial charge in [-0.2, -0.15) is 9.40 Å². The Hall–Kier alpha value is -0.920. The fourth-order valence-corrected chi connectivity index (χ4v) is 4.66. The topological polar surface area (TPSA) is 92.1 Å². The summed E-state index contributed by atoms with van der Waals surface area (Å²) in [4.78, 5) is 0. The van der Waals surface area contributed by atoms with Crippen LogP contribution in [-0.2, 0) is 16.6 Å². The Bertz CT molecular complexity index is 575. The molecule has 1 aliphatic rings. The van der Waals surface area contributed by atoms with E-state index in [2.05, 4.69) is 24.0 Å². The number of nitrogens with zero attached hydrogens (tertiary/aromatic N) is 2. The molecule has 0 aliphatic carbocycles. The summed E-state index contributed by atoms with van der Waals surface area (Å²) in [6.45, 7) is 7.38. The van der Waals surface area contributed by atoms with E-state index in [1.54, 1.807) is 11.2 Å². The molecule has 1 fully saturated rings. The number of hydrogen-bond donors (Lipinski definition) is 2. The van der Waals surface area contributed by atoms with Crippen molar-refractivity contribution < 1.29 is 8.42 Å². The monoisotopic (exact) mass is 300 g/mol. The molecule has 0 atom stereocenters. The molecule has 0 spiro atoms. The molecule has 1 aliphatic heterocycles. The summed E-state index contributed by atoms with van der Waals surface area (Å²) in [6.07, 6.45) is 2.91. The number of sulfonamides is 1. The van der Waals surface area contributed by atoms with Gasteiger partial charge in [0.25, 0.3) is 10.0 Å². The summed E-state index contributed by atoms with van der Waals surface area (Å²) >= 11 is 0. The molecule has 0 aromatic carbocycles. The van der Waals surface area contributed by atoms with Crippen LogP contribution in [0.1, 0.15) is 44.4 Å². The van der Waals surface area contributed by atoms with Gasteiger partial charge in [0.2, 0.25) is 0 Å². The SMILES string of the molecule is CCC1(CC)CCN(S(=O)(=O)c2n[nH]c(C)c2CN)C1. The standard InChI is InChI=1S/C13H24N4O2S/c1-4-13(5-2)6-7-17(9-13)20(18,19)12-11(8-14)10(3)15-16-12/h4-9,14H2,1-3H3,(H,15,16). The van der Waals surface area contributed by atoms with Crippen LogP contribution in [-0.4, -0.2) is 36.0 Å². The molecule has 114 valence electrons. The van der Waals surface area contributed by atoms with Gasteiger partial charge in [0, 0.05) is 30.9 Å². The van der Waals surface area contributed by atoms with Crippen molar-refractivity contribution in [1.82, 2.24) is 14.5 Å². The molecule has 1 aromatic heterocycles. The fourth-order valence-electron chi connectivity index (χ4n) is 2.93. The van der Waals surface area contributed by atoms with Crippen molar-refractivity contribution in [2.45, 2.75) is 51.6 Å². The van der Waals surface area contributed by atoms with Crippen LogP contribution in [0.3, 0.4) is 0 Å². The Morgan fingerprint density at radius 2 is 2.05 bits per heavy atom. The molecule has 3 N–H and O–H groups in total. The number of aromatic nitrogens is 2. The number of aryl methyl sites for hydroxylation is 1. The van der Waals surface area contributed by atoms with Gasteiger partial charge in [0.15, 0.2) is 5.03 Å². The van der Waals surface area contributed by atoms with Gasteiger partial charge in [-0.25, -0.2) is 8.42 Å². The van der Waals surface area contributed by atoms with Crippen molar-refractivity contribution >= 4 is 10.0 Å². The van der Waals surface area contributed by atoms with E-state index in [9.17, 15) is 8.42 Å². The second kappa shape index (κ2) is 5.46. The molecule has 0 unspecified atom stereocenters. The average molecular weight is 300 g/mol. The summed E-state index contributed by atoms with van der Waals surface area (Å²) < 4.78 is 27.0. The zero-order valence-corrected chi connectivity index (χ0v) is 13.3. The van der Waals surface area contributed by atoms with Crippen LogP contribution in [0.5, 0.6) is 0 Å². The molecule has 7 heteroatoms. The van der Waals surface area contributed by atoms with Gasteiger partial charge < -0.3 is 5.73 Å². The predicted octanol–water partition coefficient (Wildman–Crippen LogP) is 1.38. The Balaban J connectivity index is 2.33. The fraction of sp³-hybridized carbons (Fsp3) is 0.769. The summed E-state index contributed by atoms with van der Waals surface area (Å²) in [5.74, 6) is 0. The first-order valence-electron chi connectivity index (χ1n) is 7.14. The smallest absolute Gasteiger partial charge is 0.262 e. The highest BCUT2D eigenvalue weighted by molar-refractivity contribution is 7.89. The third-order valence-electron chi connectivity index (χ3n) is 4.73. The molecular weight excluding hydrogens is 276 g/mol. The first-order chi connectivity index (χ1) is 9.40. The third kappa shape index (κ3) is 2.38. The number of hydrogen-bond acceptors (Lipinski definition) is 4. The maximum atomic E-state index is 12.7. The van der Waals surface area contributed by atoms with E-state index in [0.717, 1.165) is 25.0 Å². The van der Waals surface area contributed by atoms with Crippen molar-refractivity contribution in [2.75, 3.05) is 13.1 Å². The van der Waals surface area contributed by atoms with Crippen molar-refractivity contribution in [2.24, 2.45) is 11.1 Å². The third-order valence-corrected chi connectivity index (χ3v) is 6.55. The number of rotatable bonds is 5. The Labute approximate surface area is 120 Å². The molecule has 2 heterocycles. The van der Waals surface area contributed by atoms with Gasteiger partial charge in [-0.05, 0) is 31.6 Å². The van der Waals surface area contributed by atoms with E-state index in [0.29, 0.717) is 18.7 Å². The molecule has 2 rings (SSSR count). The maximum absolute atomic E-state index is 12.7. The Morgan fingerprint density at radius 3 is 2.55 bits per heavy atom. The van der Waals surface area contributed by atoms with Gasteiger partial charge in [-0.15, -0.1) is 0 Å². The van der Waals surface area contributed by atoms with Crippen LogP contribution in [0.15, 0.2) is 5.03 Å². The lowest BCUT2D eigenvalue weighted by Gasteiger charge is -2.26. The van der Waals surface area contributed by atoms with E-state index in [1.807, 2.05) is 0 Å². The van der Waals surface area contributed by atoms with Crippen LogP contribution in [0.25, 0.3) is 0 Å². The van der Waals surface area contributed by atoms with E-state index >= 15 is 0 Å². The van der Waals surface area contributed by atoms with Crippen LogP contribution < -0.4 is 5.73 Å². The molecule has 20 heavy (non-hydrogen) atoms. The normalized spacial score (nSPS) is 19.6. The molecular formula is C13H24N4O2S. The first kappa shape index (κ1) is 15.5. The Morgan fingerprint density at radius 1 is 1.40 bits per heavy atom. The lowest BCUT2D eigenvalue weighted by molar-refractivity contribution is 0.279. The molecule has 0 saturated carbocycles. The molecule has 0 radical (unpaired) electrons. The summed E-state index contributed by atoms with van der Waals surface area (Å²) in [6, 6.07) is 0. The molecule has 1 saturated heterocycles. The largest absolute Gasteiger partial charge is 0.326 e. The minimum Gasteiger partial charge on any atom is -0.326 e. The average Bonchev–Trinajstić information content (AvgIpc) is 3.03. The van der Waals surface area contributed by atoms with E-state index in [1.165, 1.54) is 0 Å². The zero-order valence-electron chi connectivity index (χ0n) is 12.4. The number of nitrogens with two attached hydrogens (primary N) is 1. The Kier molecular flexibility index (Phi) is 4.22. The van der Waals surface area contributed by atoms with Gasteiger partial charge in [-0.1, -0.05) is 13.8 Å². The van der Waals surface area contributed by atoms with E-state index < -0.39 is 10.0 Å². The summed E-state index contributed by atoms with van der Waals surface area (Å²) in [7, 11) is -3.54. The highest BCUT2D eigenvalue weighted by Gasteiger charge is 2.42. The van der Waals surface area contributed by atoms with Crippen molar-refractivity contribution in [1.29, 1.82) is 0 Å². The second-order valence-corrected chi connectivity index (χ2v) is 7.49. The highest BCUT2D eigenvalue weighted by atomic mass is 32.2. The first-order valence-corrected chi connectivity index (χ1v) is 8.58. The van der Waals surface area contributed by atoms with Crippen molar-refractivity contribution in [3.8, 4) is 0 Å². The molecule has 6 nitrogen and oxygen atoms in total. The molecule has 0 amide bonds. The summed E-state index contributed by atoms with van der Waals surface area (Å²) in [5, 5.41) is 6.80. The lowest BCUT2D eigenvalue weighted by atomic mass is 9.82. The maximum Gasteiger partial charge on any atom is 0.262 e. The van der Waals surface area contributed by atoms with Crippen LogP contribution >= 0.6 is 0 Å². The van der Waals surface area contributed by atoms with Gasteiger partial charge in [0.1, 0.15) is 0 Å². The molecule has 0 bridgehead atoms. The quantitative estimate of drug-likeness (QED) is 0.859. The predicted molar refractivity (Wildman–Crippen MR) is 77.6 cm³/mol. The van der Waals surface area contributed by atoms with E-state index in [4.69, 9.17) is 5.73 Å². The van der Waals surface area contributed by atoms with Gasteiger partial charge in [0.05, 0.1) is 0 Å². The lowest BCUT2D eigenvalue weighted by Crippen LogP contribution is -2.32. The minimum absolute atomic E-state index is 0.0977. The number of H-pyrrole nitrogens is 1. The van der Waals surface area contributed by atoms with Gasteiger partial charge in [-0.3, -0.25) is 5.10 Å². The van der Waals surface area contributed by atoms with Crippen LogP contribution in [0.4, 0.5) is 0 Å². The van der Waals surface area contributed by atoms with Crippen molar-refractivity contribution in [3.63, 3.8) is 0 Å². The number of nitrogens with one attached hydrogen (secondary N) is 1. The number of aromatic amines is 1. The summed E-state index contributed by atoms with van der Waals surface area (Å²) in [5.41, 5.74) is 7.08. The van der Waals surface area contributed by atoms with Crippen LogP contribution in [0, 0.1) is 12.3 Å².